The number of imidazole rings is 1. The Morgan fingerprint density at radius 1 is 1.48 bits per heavy atom. The standard InChI is InChI=1S/C14H13N3O2S2/c1-9-4-6-20-11(9)7-17-13-10(3-2-5-15-13)16-14(17)21-8-12(18)19/h2-6H,7-8H2,1H3,(H,18,19). The number of aromatic nitrogens is 3. The Morgan fingerprint density at radius 2 is 2.33 bits per heavy atom. The van der Waals surface area contributed by atoms with Gasteiger partial charge in [-0.2, -0.15) is 0 Å². The number of hydrogen-bond acceptors (Lipinski definition) is 5. The minimum atomic E-state index is -0.848. The number of nitrogens with zero attached hydrogens (tertiary/aromatic N) is 3. The quantitative estimate of drug-likeness (QED) is 0.732. The number of aryl methyl sites for hydroxylation is 1. The van der Waals surface area contributed by atoms with Crippen molar-refractivity contribution in [1.82, 2.24) is 14.5 Å². The second-order valence-corrected chi connectivity index (χ2v) is 6.48. The molecule has 1 N–H and O–H groups in total. The molecule has 3 aromatic heterocycles. The van der Waals surface area contributed by atoms with Crippen LogP contribution < -0.4 is 0 Å². The molecular formula is C14H13N3O2S2. The van der Waals surface area contributed by atoms with Gasteiger partial charge in [-0.1, -0.05) is 11.8 Å². The van der Waals surface area contributed by atoms with E-state index in [1.54, 1.807) is 17.5 Å². The summed E-state index contributed by atoms with van der Waals surface area (Å²) in [6, 6.07) is 5.81. The first-order valence-corrected chi connectivity index (χ1v) is 8.20. The maximum atomic E-state index is 10.8. The third-order valence-electron chi connectivity index (χ3n) is 3.06. The van der Waals surface area contributed by atoms with Crippen LogP contribution in [0.1, 0.15) is 10.4 Å². The highest BCUT2D eigenvalue weighted by molar-refractivity contribution is 7.99. The topological polar surface area (TPSA) is 68.0 Å². The van der Waals surface area contributed by atoms with E-state index in [0.29, 0.717) is 11.7 Å². The van der Waals surface area contributed by atoms with Crippen LogP contribution in [0.4, 0.5) is 0 Å². The Hall–Kier alpha value is -1.86. The zero-order valence-corrected chi connectivity index (χ0v) is 12.9. The van der Waals surface area contributed by atoms with E-state index in [9.17, 15) is 4.79 Å². The van der Waals surface area contributed by atoms with Gasteiger partial charge in [-0.15, -0.1) is 11.3 Å². The van der Waals surface area contributed by atoms with E-state index in [-0.39, 0.29) is 5.75 Å². The van der Waals surface area contributed by atoms with Crippen LogP contribution >= 0.6 is 23.1 Å². The first-order valence-electron chi connectivity index (χ1n) is 6.34. The van der Waals surface area contributed by atoms with Crippen LogP contribution in [0.2, 0.25) is 0 Å². The molecule has 0 aromatic carbocycles. The number of carboxylic acids is 1. The fraction of sp³-hybridized carbons (Fsp3) is 0.214. The molecule has 7 heteroatoms. The smallest absolute Gasteiger partial charge is 0.313 e. The van der Waals surface area contributed by atoms with Crippen molar-refractivity contribution in [2.45, 2.75) is 18.6 Å². The first-order chi connectivity index (χ1) is 10.1. The predicted molar refractivity (Wildman–Crippen MR) is 84.0 cm³/mol. The summed E-state index contributed by atoms with van der Waals surface area (Å²) < 4.78 is 1.99. The summed E-state index contributed by atoms with van der Waals surface area (Å²) >= 11 is 2.91. The van der Waals surface area contributed by atoms with Gasteiger partial charge < -0.3 is 5.11 Å². The van der Waals surface area contributed by atoms with Gasteiger partial charge in [0.2, 0.25) is 0 Å². The van der Waals surface area contributed by atoms with Gasteiger partial charge in [0.25, 0.3) is 0 Å². The van der Waals surface area contributed by atoms with Crippen molar-refractivity contribution in [1.29, 1.82) is 0 Å². The molecule has 108 valence electrons. The van der Waals surface area contributed by atoms with Crippen molar-refractivity contribution in [2.24, 2.45) is 0 Å². The number of fused-ring (bicyclic) bond motifs is 1. The molecule has 0 saturated heterocycles. The number of thiophene rings is 1. The Bertz CT molecular complexity index is 794. The number of rotatable bonds is 5. The summed E-state index contributed by atoms with van der Waals surface area (Å²) in [7, 11) is 0. The zero-order chi connectivity index (χ0) is 14.8. The molecular weight excluding hydrogens is 306 g/mol. The highest BCUT2D eigenvalue weighted by atomic mass is 32.2. The van der Waals surface area contributed by atoms with Gasteiger partial charge in [0.1, 0.15) is 5.52 Å². The van der Waals surface area contributed by atoms with Gasteiger partial charge in [0.15, 0.2) is 10.8 Å². The van der Waals surface area contributed by atoms with Crippen LogP contribution in [0.5, 0.6) is 0 Å². The molecule has 0 aliphatic heterocycles. The van der Waals surface area contributed by atoms with E-state index >= 15 is 0 Å². The molecule has 0 aliphatic carbocycles. The van der Waals surface area contributed by atoms with E-state index < -0.39 is 5.97 Å². The molecule has 5 nitrogen and oxygen atoms in total. The van der Waals surface area contributed by atoms with Gasteiger partial charge in [-0.25, -0.2) is 9.97 Å². The number of thioether (sulfide) groups is 1. The lowest BCUT2D eigenvalue weighted by molar-refractivity contribution is -0.133. The molecule has 3 rings (SSSR count). The molecule has 0 bridgehead atoms. The Morgan fingerprint density at radius 3 is 3.05 bits per heavy atom. The lowest BCUT2D eigenvalue weighted by Crippen LogP contribution is -2.04. The van der Waals surface area contributed by atoms with Crippen LogP contribution in [0, 0.1) is 6.92 Å². The molecule has 0 fully saturated rings. The predicted octanol–water partition coefficient (Wildman–Crippen LogP) is 3.03. The van der Waals surface area contributed by atoms with Crippen LogP contribution in [-0.4, -0.2) is 31.4 Å². The van der Waals surface area contributed by atoms with Crippen LogP contribution in [-0.2, 0) is 11.3 Å². The molecule has 0 amide bonds. The molecule has 0 saturated carbocycles. The monoisotopic (exact) mass is 319 g/mol. The molecule has 0 aliphatic rings. The van der Waals surface area contributed by atoms with Crippen LogP contribution in [0.3, 0.4) is 0 Å². The fourth-order valence-electron chi connectivity index (χ4n) is 2.03. The highest BCUT2D eigenvalue weighted by Crippen LogP contribution is 2.26. The number of carboxylic acid groups (broad SMARTS) is 1. The third kappa shape index (κ3) is 2.93. The highest BCUT2D eigenvalue weighted by Gasteiger charge is 2.15. The second kappa shape index (κ2) is 5.87. The minimum absolute atomic E-state index is 0.00720. The molecule has 3 aromatic rings. The molecule has 0 unspecified atom stereocenters. The number of carbonyl (C=O) groups is 1. The van der Waals surface area contributed by atoms with Crippen molar-refractivity contribution in [3.63, 3.8) is 0 Å². The maximum Gasteiger partial charge on any atom is 0.313 e. The minimum Gasteiger partial charge on any atom is -0.481 e. The van der Waals surface area contributed by atoms with Gasteiger partial charge in [0, 0.05) is 11.1 Å². The summed E-state index contributed by atoms with van der Waals surface area (Å²) in [5.41, 5.74) is 2.81. The summed E-state index contributed by atoms with van der Waals surface area (Å²) in [6.07, 6.45) is 1.73. The molecule has 0 spiro atoms. The Labute approximate surface area is 129 Å². The van der Waals surface area contributed by atoms with Crippen molar-refractivity contribution in [3.8, 4) is 0 Å². The summed E-state index contributed by atoms with van der Waals surface area (Å²) in [6.45, 7) is 2.74. The average Bonchev–Trinajstić information content (AvgIpc) is 3.02. The fourth-order valence-corrected chi connectivity index (χ4v) is 3.64. The largest absolute Gasteiger partial charge is 0.481 e. The number of aliphatic carboxylic acids is 1. The van der Waals surface area contributed by atoms with E-state index in [4.69, 9.17) is 5.11 Å². The molecule has 0 radical (unpaired) electrons. The molecule has 0 atom stereocenters. The van der Waals surface area contributed by atoms with Gasteiger partial charge in [-0.3, -0.25) is 9.36 Å². The lowest BCUT2D eigenvalue weighted by Gasteiger charge is -2.07. The maximum absolute atomic E-state index is 10.8. The normalized spacial score (nSPS) is 11.1. The zero-order valence-electron chi connectivity index (χ0n) is 11.3. The lowest BCUT2D eigenvalue weighted by atomic mass is 10.3. The van der Waals surface area contributed by atoms with Crippen molar-refractivity contribution in [3.05, 3.63) is 40.2 Å². The van der Waals surface area contributed by atoms with Gasteiger partial charge >= 0.3 is 5.97 Å². The van der Waals surface area contributed by atoms with Crippen molar-refractivity contribution >= 4 is 40.2 Å². The van der Waals surface area contributed by atoms with E-state index in [2.05, 4.69) is 28.3 Å². The van der Waals surface area contributed by atoms with Gasteiger partial charge in [0.05, 0.1) is 12.3 Å². The first kappa shape index (κ1) is 14.1. The number of pyridine rings is 1. The second-order valence-electron chi connectivity index (χ2n) is 4.54. The SMILES string of the molecule is Cc1ccsc1Cn1c(SCC(=O)O)nc2cccnc21. The third-order valence-corrected chi connectivity index (χ3v) is 5.03. The van der Waals surface area contributed by atoms with Crippen molar-refractivity contribution < 1.29 is 9.90 Å². The Balaban J connectivity index is 2.02. The van der Waals surface area contributed by atoms with E-state index in [1.807, 2.05) is 16.7 Å². The van der Waals surface area contributed by atoms with Crippen molar-refractivity contribution in [2.75, 3.05) is 5.75 Å². The molecule has 21 heavy (non-hydrogen) atoms. The number of hydrogen-bond donors (Lipinski definition) is 1. The summed E-state index contributed by atoms with van der Waals surface area (Å²) in [4.78, 5) is 20.9. The average molecular weight is 319 g/mol. The summed E-state index contributed by atoms with van der Waals surface area (Å²) in [5, 5.41) is 11.6. The van der Waals surface area contributed by atoms with Crippen LogP contribution in [0.25, 0.3) is 11.2 Å². The van der Waals surface area contributed by atoms with Gasteiger partial charge in [-0.05, 0) is 36.1 Å². The molecule has 3 heterocycles. The summed E-state index contributed by atoms with van der Waals surface area (Å²) in [5.74, 6) is -0.855. The van der Waals surface area contributed by atoms with E-state index in [1.165, 1.54) is 22.2 Å². The Kier molecular flexibility index (Phi) is 3.94. The van der Waals surface area contributed by atoms with Crippen LogP contribution in [0.15, 0.2) is 34.9 Å². The van der Waals surface area contributed by atoms with E-state index in [0.717, 1.165) is 11.2 Å².